The molecule has 0 N–H and O–H groups in total. The van der Waals surface area contributed by atoms with Crippen molar-refractivity contribution in [1.29, 1.82) is 0 Å². The first kappa shape index (κ1) is 21.6. The van der Waals surface area contributed by atoms with E-state index in [2.05, 4.69) is 0 Å². The number of aryl methyl sites for hydroxylation is 1. The summed E-state index contributed by atoms with van der Waals surface area (Å²) < 4.78 is 0. The highest BCUT2D eigenvalue weighted by Crippen LogP contribution is 2.49. The van der Waals surface area contributed by atoms with Crippen LogP contribution in [0.2, 0.25) is 10.0 Å². The number of hydrogen-bond donors (Lipinski definition) is 0. The number of benzene rings is 3. The van der Waals surface area contributed by atoms with Crippen LogP contribution in [0.3, 0.4) is 0 Å². The molecular formula is C26H17Cl2NO4. The fourth-order valence-corrected chi connectivity index (χ4v) is 5.16. The summed E-state index contributed by atoms with van der Waals surface area (Å²) in [5, 5.41) is 0.468. The number of hydrogen-bond acceptors (Lipinski definition) is 4. The van der Waals surface area contributed by atoms with E-state index in [-0.39, 0.29) is 33.3 Å². The number of rotatable bonds is 3. The van der Waals surface area contributed by atoms with Crippen LogP contribution in [0.25, 0.3) is 0 Å². The van der Waals surface area contributed by atoms with Crippen molar-refractivity contribution in [3.05, 3.63) is 99.0 Å². The van der Waals surface area contributed by atoms with Crippen molar-refractivity contribution in [3.8, 4) is 0 Å². The van der Waals surface area contributed by atoms with Crippen LogP contribution in [0.4, 0.5) is 5.69 Å². The highest BCUT2D eigenvalue weighted by atomic mass is 35.5. The van der Waals surface area contributed by atoms with Crippen LogP contribution in [0.5, 0.6) is 0 Å². The van der Waals surface area contributed by atoms with Gasteiger partial charge in [-0.2, -0.15) is 0 Å². The zero-order chi connectivity index (χ0) is 23.5. The second-order valence-electron chi connectivity index (χ2n) is 8.30. The molecule has 7 heteroatoms. The van der Waals surface area contributed by atoms with Crippen molar-refractivity contribution < 1.29 is 19.2 Å². The number of fused-ring (bicyclic) bond motifs is 1. The SMILES string of the molecule is Cc1ccc(C2([C@@H]3CC(=O)N(c4ccc(Cl)c(Cl)c4)C3=O)C(=O)c3ccccc3C2=O)cc1. The lowest BCUT2D eigenvalue weighted by molar-refractivity contribution is -0.122. The van der Waals surface area contributed by atoms with E-state index >= 15 is 0 Å². The monoisotopic (exact) mass is 477 g/mol. The van der Waals surface area contributed by atoms with Gasteiger partial charge in [-0.15, -0.1) is 0 Å². The summed E-state index contributed by atoms with van der Waals surface area (Å²) in [5.74, 6) is -3.24. The molecule has 0 bridgehead atoms. The molecule has 1 saturated heterocycles. The summed E-state index contributed by atoms with van der Waals surface area (Å²) in [6, 6.07) is 17.9. The Morgan fingerprint density at radius 2 is 1.42 bits per heavy atom. The van der Waals surface area contributed by atoms with Gasteiger partial charge in [0.1, 0.15) is 5.41 Å². The molecule has 0 radical (unpaired) electrons. The van der Waals surface area contributed by atoms with E-state index in [0.29, 0.717) is 5.56 Å². The molecule has 1 heterocycles. The smallest absolute Gasteiger partial charge is 0.239 e. The Hall–Kier alpha value is -3.28. The maximum atomic E-state index is 13.9. The van der Waals surface area contributed by atoms with Gasteiger partial charge in [0.25, 0.3) is 0 Å². The van der Waals surface area contributed by atoms with Gasteiger partial charge in [-0.1, -0.05) is 77.3 Å². The Balaban J connectivity index is 1.69. The van der Waals surface area contributed by atoms with Gasteiger partial charge in [-0.25, -0.2) is 0 Å². The lowest BCUT2D eigenvalue weighted by Gasteiger charge is -2.31. The lowest BCUT2D eigenvalue weighted by Crippen LogP contribution is -2.49. The van der Waals surface area contributed by atoms with Crippen molar-refractivity contribution in [1.82, 2.24) is 0 Å². The van der Waals surface area contributed by atoms with Crippen molar-refractivity contribution in [2.75, 3.05) is 4.90 Å². The summed E-state index contributed by atoms with van der Waals surface area (Å²) in [4.78, 5) is 55.5. The number of carbonyl (C=O) groups excluding carboxylic acids is 4. The number of amides is 2. The quantitative estimate of drug-likeness (QED) is 0.383. The summed E-state index contributed by atoms with van der Waals surface area (Å²) in [6.45, 7) is 1.89. The number of ketones is 2. The molecule has 1 aliphatic heterocycles. The number of carbonyl (C=O) groups is 4. The number of Topliss-reactive ketones (excluding diaryl/α,β-unsaturated/α-hetero) is 2. The highest BCUT2D eigenvalue weighted by molar-refractivity contribution is 6.42. The summed E-state index contributed by atoms with van der Waals surface area (Å²) in [6.07, 6.45) is -0.279. The number of nitrogens with zero attached hydrogens (tertiary/aromatic N) is 1. The van der Waals surface area contributed by atoms with Gasteiger partial charge < -0.3 is 0 Å². The van der Waals surface area contributed by atoms with Gasteiger partial charge >= 0.3 is 0 Å². The fourth-order valence-electron chi connectivity index (χ4n) is 4.87. The Bertz CT molecular complexity index is 1330. The third-order valence-corrected chi connectivity index (χ3v) is 7.21. The van der Waals surface area contributed by atoms with Gasteiger partial charge in [0.2, 0.25) is 11.8 Å². The molecular weight excluding hydrogens is 461 g/mol. The van der Waals surface area contributed by atoms with Crippen molar-refractivity contribution >= 4 is 52.3 Å². The van der Waals surface area contributed by atoms with E-state index < -0.39 is 34.7 Å². The Labute approximate surface area is 199 Å². The highest BCUT2D eigenvalue weighted by Gasteiger charge is 2.64. The zero-order valence-corrected chi connectivity index (χ0v) is 19.0. The van der Waals surface area contributed by atoms with Crippen LogP contribution in [0.1, 0.15) is 38.3 Å². The molecule has 1 atom stereocenters. The van der Waals surface area contributed by atoms with E-state index in [1.807, 2.05) is 6.92 Å². The molecule has 164 valence electrons. The summed E-state index contributed by atoms with van der Waals surface area (Å²) in [7, 11) is 0. The molecule has 0 unspecified atom stereocenters. The van der Waals surface area contributed by atoms with Crippen molar-refractivity contribution in [2.45, 2.75) is 18.8 Å². The lowest BCUT2D eigenvalue weighted by atomic mass is 9.66. The van der Waals surface area contributed by atoms with E-state index in [1.54, 1.807) is 48.5 Å². The number of halogens is 2. The molecule has 0 aromatic heterocycles. The summed E-state index contributed by atoms with van der Waals surface area (Å²) >= 11 is 12.1. The molecule has 0 saturated carbocycles. The van der Waals surface area contributed by atoms with Crippen LogP contribution in [0.15, 0.2) is 66.7 Å². The first-order valence-corrected chi connectivity index (χ1v) is 11.1. The Kier molecular flexibility index (Phi) is 5.00. The standard InChI is InChI=1S/C26H17Cl2NO4/c1-14-6-8-15(9-7-14)26(23(31)17-4-2-3-5-18(17)24(26)32)19-13-22(30)29(25(19)33)16-10-11-20(27)21(28)12-16/h2-12,19H,13H2,1H3/t19-/m1/s1. The van der Waals surface area contributed by atoms with Crippen molar-refractivity contribution in [2.24, 2.45) is 5.92 Å². The van der Waals surface area contributed by atoms with Crippen LogP contribution >= 0.6 is 23.2 Å². The predicted molar refractivity (Wildman–Crippen MR) is 125 cm³/mol. The third kappa shape index (κ3) is 3.00. The van der Waals surface area contributed by atoms with E-state index in [1.165, 1.54) is 18.2 Å². The molecule has 1 aliphatic carbocycles. The van der Waals surface area contributed by atoms with E-state index in [9.17, 15) is 19.2 Å². The molecule has 5 nitrogen and oxygen atoms in total. The molecule has 1 fully saturated rings. The molecule has 0 spiro atoms. The van der Waals surface area contributed by atoms with Gasteiger partial charge in [0, 0.05) is 17.5 Å². The minimum atomic E-state index is -1.81. The normalized spacial score (nSPS) is 19.4. The third-order valence-electron chi connectivity index (χ3n) is 6.47. The van der Waals surface area contributed by atoms with Gasteiger partial charge in [0.15, 0.2) is 11.6 Å². The predicted octanol–water partition coefficient (Wildman–Crippen LogP) is 5.20. The Morgan fingerprint density at radius 1 is 0.818 bits per heavy atom. The average molecular weight is 478 g/mol. The summed E-state index contributed by atoms with van der Waals surface area (Å²) in [5.41, 5.74) is 0.302. The van der Waals surface area contributed by atoms with Crippen molar-refractivity contribution in [3.63, 3.8) is 0 Å². The number of imide groups is 1. The molecule has 2 amide bonds. The second kappa shape index (κ2) is 7.65. The largest absolute Gasteiger partial charge is 0.293 e. The molecule has 2 aliphatic rings. The molecule has 33 heavy (non-hydrogen) atoms. The average Bonchev–Trinajstić information content (AvgIpc) is 3.22. The second-order valence-corrected chi connectivity index (χ2v) is 9.11. The van der Waals surface area contributed by atoms with E-state index in [0.717, 1.165) is 10.5 Å². The number of anilines is 1. The maximum Gasteiger partial charge on any atom is 0.239 e. The minimum Gasteiger partial charge on any atom is -0.293 e. The van der Waals surface area contributed by atoms with Crippen LogP contribution in [-0.2, 0) is 15.0 Å². The minimum absolute atomic E-state index is 0.187. The van der Waals surface area contributed by atoms with Gasteiger partial charge in [-0.05, 0) is 30.7 Å². The first-order chi connectivity index (χ1) is 15.8. The fraction of sp³-hybridized carbons (Fsp3) is 0.154. The van der Waals surface area contributed by atoms with E-state index in [4.69, 9.17) is 23.2 Å². The van der Waals surface area contributed by atoms with Crippen LogP contribution in [0, 0.1) is 12.8 Å². The molecule has 3 aromatic carbocycles. The Morgan fingerprint density at radius 3 is 2.00 bits per heavy atom. The van der Waals surface area contributed by atoms with Gasteiger partial charge in [-0.3, -0.25) is 24.1 Å². The first-order valence-electron chi connectivity index (χ1n) is 10.3. The van der Waals surface area contributed by atoms with Gasteiger partial charge in [0.05, 0.1) is 21.7 Å². The topological polar surface area (TPSA) is 71.5 Å². The van der Waals surface area contributed by atoms with Crippen LogP contribution < -0.4 is 4.90 Å². The molecule has 3 aromatic rings. The zero-order valence-electron chi connectivity index (χ0n) is 17.5. The maximum absolute atomic E-state index is 13.9. The van der Waals surface area contributed by atoms with Crippen LogP contribution in [-0.4, -0.2) is 23.4 Å². The molecule has 5 rings (SSSR count).